The molecule has 0 amide bonds. The number of aromatic nitrogens is 2. The van der Waals surface area contributed by atoms with Gasteiger partial charge in [0.2, 0.25) is 0 Å². The highest BCUT2D eigenvalue weighted by molar-refractivity contribution is 5.83. The number of pyridine rings is 1. The van der Waals surface area contributed by atoms with Crippen molar-refractivity contribution in [3.05, 3.63) is 63.7 Å². The predicted octanol–water partition coefficient (Wildman–Crippen LogP) is 2.04. The van der Waals surface area contributed by atoms with Gasteiger partial charge in [-0.1, -0.05) is 6.07 Å². The van der Waals surface area contributed by atoms with Crippen LogP contribution >= 0.6 is 0 Å². The molecule has 2 aromatic heterocycles. The van der Waals surface area contributed by atoms with Gasteiger partial charge in [-0.25, -0.2) is 9.59 Å². The van der Waals surface area contributed by atoms with E-state index in [9.17, 15) is 9.59 Å². The molecule has 0 bridgehead atoms. The normalized spacial score (nSPS) is 10.8. The van der Waals surface area contributed by atoms with E-state index in [1.54, 1.807) is 18.5 Å². The first-order valence-electron chi connectivity index (χ1n) is 6.29. The van der Waals surface area contributed by atoms with Gasteiger partial charge in [-0.15, -0.1) is 0 Å². The van der Waals surface area contributed by atoms with E-state index in [0.717, 1.165) is 11.1 Å². The van der Waals surface area contributed by atoms with Crippen molar-refractivity contribution in [1.29, 1.82) is 0 Å². The quantitative estimate of drug-likeness (QED) is 0.713. The summed E-state index contributed by atoms with van der Waals surface area (Å²) in [5.41, 5.74) is 1.89. The Labute approximate surface area is 114 Å². The Kier molecular flexibility index (Phi) is 2.95. The summed E-state index contributed by atoms with van der Waals surface area (Å²) in [4.78, 5) is 27.4. The minimum Gasteiger partial charge on any atom is -0.372 e. The Balaban J connectivity index is 2.36. The van der Waals surface area contributed by atoms with E-state index in [1.807, 2.05) is 31.2 Å². The Morgan fingerprint density at radius 1 is 1.10 bits per heavy atom. The van der Waals surface area contributed by atoms with Crippen molar-refractivity contribution in [2.45, 2.75) is 13.5 Å². The largest absolute Gasteiger partial charge is 0.422 e. The molecule has 0 saturated heterocycles. The molecular formula is C15H12N2O3. The van der Waals surface area contributed by atoms with Gasteiger partial charge in [-0.3, -0.25) is 9.55 Å². The van der Waals surface area contributed by atoms with E-state index in [0.29, 0.717) is 17.4 Å². The van der Waals surface area contributed by atoms with Gasteiger partial charge in [0, 0.05) is 18.9 Å². The molecule has 20 heavy (non-hydrogen) atoms. The number of hydrogen-bond acceptors (Lipinski definition) is 4. The maximum absolute atomic E-state index is 11.7. The van der Waals surface area contributed by atoms with Gasteiger partial charge in [-0.05, 0) is 42.3 Å². The third kappa shape index (κ3) is 1.93. The fourth-order valence-electron chi connectivity index (χ4n) is 2.24. The molecule has 5 heteroatoms. The molecular weight excluding hydrogens is 256 g/mol. The van der Waals surface area contributed by atoms with Gasteiger partial charge in [0.1, 0.15) is 0 Å². The van der Waals surface area contributed by atoms with Gasteiger partial charge in [-0.2, -0.15) is 0 Å². The fraction of sp³-hybridized carbons (Fsp3) is 0.133. The second kappa shape index (κ2) is 4.77. The average molecular weight is 268 g/mol. The van der Waals surface area contributed by atoms with Gasteiger partial charge in [0.15, 0.2) is 0 Å². The third-order valence-electron chi connectivity index (χ3n) is 3.24. The molecule has 3 aromatic rings. The first kappa shape index (κ1) is 12.3. The maximum Gasteiger partial charge on any atom is 0.422 e. The SMILES string of the molecule is CCn1c(=O)oc(=O)c2ccc(-c3ccncc3)cc21. The van der Waals surface area contributed by atoms with Crippen LogP contribution in [0, 0.1) is 0 Å². The lowest BCUT2D eigenvalue weighted by molar-refractivity contribution is 0.421. The molecule has 0 saturated carbocycles. The Hall–Kier alpha value is -2.69. The van der Waals surface area contributed by atoms with Crippen molar-refractivity contribution in [1.82, 2.24) is 9.55 Å². The van der Waals surface area contributed by atoms with Crippen LogP contribution in [0.1, 0.15) is 6.92 Å². The number of hydrogen-bond donors (Lipinski definition) is 0. The van der Waals surface area contributed by atoms with Gasteiger partial charge >= 0.3 is 11.4 Å². The van der Waals surface area contributed by atoms with Crippen molar-refractivity contribution in [3.63, 3.8) is 0 Å². The molecule has 0 aliphatic heterocycles. The van der Waals surface area contributed by atoms with E-state index in [2.05, 4.69) is 4.98 Å². The monoisotopic (exact) mass is 268 g/mol. The van der Waals surface area contributed by atoms with Gasteiger partial charge in [0.05, 0.1) is 10.9 Å². The number of fused-ring (bicyclic) bond motifs is 1. The zero-order valence-electron chi connectivity index (χ0n) is 10.9. The van der Waals surface area contributed by atoms with Crippen LogP contribution in [0.4, 0.5) is 0 Å². The number of aryl methyl sites for hydroxylation is 1. The molecule has 0 atom stereocenters. The fourth-order valence-corrected chi connectivity index (χ4v) is 2.24. The van der Waals surface area contributed by atoms with Crippen molar-refractivity contribution in [2.24, 2.45) is 0 Å². The summed E-state index contributed by atoms with van der Waals surface area (Å²) in [6, 6.07) is 9.09. The number of nitrogens with zero attached hydrogens (tertiary/aromatic N) is 2. The second-order valence-electron chi connectivity index (χ2n) is 4.37. The van der Waals surface area contributed by atoms with Crippen LogP contribution in [0.25, 0.3) is 22.0 Å². The smallest absolute Gasteiger partial charge is 0.372 e. The van der Waals surface area contributed by atoms with E-state index >= 15 is 0 Å². The molecule has 3 rings (SSSR count). The molecule has 0 fully saturated rings. The lowest BCUT2D eigenvalue weighted by Crippen LogP contribution is -2.24. The van der Waals surface area contributed by atoms with E-state index < -0.39 is 11.4 Å². The minimum absolute atomic E-state index is 0.407. The summed E-state index contributed by atoms with van der Waals surface area (Å²) in [7, 11) is 0. The topological polar surface area (TPSA) is 65.1 Å². The number of rotatable bonds is 2. The lowest BCUT2D eigenvalue weighted by Gasteiger charge is -2.07. The first-order chi connectivity index (χ1) is 9.70. The van der Waals surface area contributed by atoms with E-state index in [4.69, 9.17) is 4.42 Å². The predicted molar refractivity (Wildman–Crippen MR) is 75.6 cm³/mol. The molecule has 1 aromatic carbocycles. The number of benzene rings is 1. The van der Waals surface area contributed by atoms with Gasteiger partial charge < -0.3 is 4.42 Å². The zero-order valence-corrected chi connectivity index (χ0v) is 10.9. The highest BCUT2D eigenvalue weighted by atomic mass is 16.4. The molecule has 0 spiro atoms. The summed E-state index contributed by atoms with van der Waals surface area (Å²) in [5.74, 6) is -0.628. The van der Waals surface area contributed by atoms with Crippen LogP contribution in [0.2, 0.25) is 0 Å². The van der Waals surface area contributed by atoms with Crippen molar-refractivity contribution < 1.29 is 4.42 Å². The van der Waals surface area contributed by atoms with E-state index in [1.165, 1.54) is 4.57 Å². The van der Waals surface area contributed by atoms with Crippen LogP contribution in [0.5, 0.6) is 0 Å². The summed E-state index contributed by atoms with van der Waals surface area (Å²) < 4.78 is 6.15. The summed E-state index contributed by atoms with van der Waals surface area (Å²) in [6.07, 6.45) is 3.40. The van der Waals surface area contributed by atoms with Crippen molar-refractivity contribution in [3.8, 4) is 11.1 Å². The third-order valence-corrected chi connectivity index (χ3v) is 3.24. The zero-order chi connectivity index (χ0) is 14.1. The Morgan fingerprint density at radius 2 is 1.85 bits per heavy atom. The molecule has 0 aliphatic carbocycles. The molecule has 0 unspecified atom stereocenters. The molecule has 0 radical (unpaired) electrons. The van der Waals surface area contributed by atoms with Crippen LogP contribution in [0.3, 0.4) is 0 Å². The van der Waals surface area contributed by atoms with Gasteiger partial charge in [0.25, 0.3) is 0 Å². The van der Waals surface area contributed by atoms with Crippen molar-refractivity contribution >= 4 is 10.9 Å². The average Bonchev–Trinajstić information content (AvgIpc) is 2.48. The molecule has 0 aliphatic rings. The summed E-state index contributed by atoms with van der Waals surface area (Å²) >= 11 is 0. The Morgan fingerprint density at radius 3 is 2.55 bits per heavy atom. The summed E-state index contributed by atoms with van der Waals surface area (Å²) in [5, 5.41) is 0.407. The van der Waals surface area contributed by atoms with Crippen LogP contribution < -0.4 is 11.4 Å². The van der Waals surface area contributed by atoms with Crippen LogP contribution in [0.15, 0.2) is 56.7 Å². The standard InChI is InChI=1S/C15H12N2O3/c1-2-17-13-9-11(10-5-7-16-8-6-10)3-4-12(13)14(18)20-15(17)19/h3-9H,2H2,1H3. The Bertz CT molecular complexity index is 879. The maximum atomic E-state index is 11.7. The minimum atomic E-state index is -0.628. The molecule has 2 heterocycles. The van der Waals surface area contributed by atoms with E-state index in [-0.39, 0.29) is 0 Å². The first-order valence-corrected chi connectivity index (χ1v) is 6.29. The van der Waals surface area contributed by atoms with Crippen molar-refractivity contribution in [2.75, 3.05) is 0 Å². The summed E-state index contributed by atoms with van der Waals surface area (Å²) in [6.45, 7) is 2.28. The second-order valence-corrected chi connectivity index (χ2v) is 4.37. The lowest BCUT2D eigenvalue weighted by atomic mass is 10.1. The van der Waals surface area contributed by atoms with Crippen LogP contribution in [-0.2, 0) is 6.54 Å². The molecule has 100 valence electrons. The molecule has 0 N–H and O–H groups in total. The van der Waals surface area contributed by atoms with Crippen LogP contribution in [-0.4, -0.2) is 9.55 Å². The molecule has 5 nitrogen and oxygen atoms in total. The highest BCUT2D eigenvalue weighted by Crippen LogP contribution is 2.21. The highest BCUT2D eigenvalue weighted by Gasteiger charge is 2.09.